The van der Waals surface area contributed by atoms with E-state index < -0.39 is 15.9 Å². The van der Waals surface area contributed by atoms with Gasteiger partial charge in [-0.1, -0.05) is 0 Å². The third-order valence-corrected chi connectivity index (χ3v) is 5.98. The quantitative estimate of drug-likeness (QED) is 0.674. The number of benzene rings is 1. The average molecular weight is 425 g/mol. The number of hydrogen-bond acceptors (Lipinski definition) is 8. The van der Waals surface area contributed by atoms with Gasteiger partial charge in [-0.3, -0.25) is 4.79 Å². The van der Waals surface area contributed by atoms with Gasteiger partial charge in [0.2, 0.25) is 10.0 Å². The van der Waals surface area contributed by atoms with Gasteiger partial charge < -0.3 is 24.1 Å². The van der Waals surface area contributed by atoms with Gasteiger partial charge in [0.25, 0.3) is 11.8 Å². The number of nitrogens with one attached hydrogen (secondary N) is 1. The van der Waals surface area contributed by atoms with Crippen molar-refractivity contribution in [2.24, 2.45) is 0 Å². The lowest BCUT2D eigenvalue weighted by Crippen LogP contribution is -2.40. The molecule has 0 spiro atoms. The number of carbonyl (C=O) groups excluding carboxylic acids is 1. The summed E-state index contributed by atoms with van der Waals surface area (Å²) in [6.45, 7) is 4.78. The predicted octanol–water partition coefficient (Wildman–Crippen LogP) is 1.42. The number of morpholine rings is 1. The fourth-order valence-corrected chi connectivity index (χ4v) is 4.16. The fraction of sp³-hybridized carbons (Fsp3) is 0.444. The first-order valence-electron chi connectivity index (χ1n) is 9.11. The summed E-state index contributed by atoms with van der Waals surface area (Å²) in [4.78, 5) is 12.3. The van der Waals surface area contributed by atoms with Crippen LogP contribution in [-0.2, 0) is 19.6 Å². The largest absolute Gasteiger partial charge is 0.492 e. The van der Waals surface area contributed by atoms with E-state index in [1.807, 2.05) is 0 Å². The second-order valence-corrected chi connectivity index (χ2v) is 8.16. The van der Waals surface area contributed by atoms with E-state index in [9.17, 15) is 13.2 Å². The Morgan fingerprint density at radius 1 is 1.24 bits per heavy atom. The molecule has 1 amide bonds. The van der Waals surface area contributed by atoms with E-state index in [4.69, 9.17) is 18.7 Å². The van der Waals surface area contributed by atoms with E-state index in [2.05, 4.69) is 10.5 Å². The Balaban J connectivity index is 1.76. The molecule has 29 heavy (non-hydrogen) atoms. The fourth-order valence-electron chi connectivity index (χ4n) is 2.72. The molecule has 0 atom stereocenters. The monoisotopic (exact) mass is 425 g/mol. The van der Waals surface area contributed by atoms with Crippen molar-refractivity contribution in [2.45, 2.75) is 18.7 Å². The molecule has 3 rings (SSSR count). The number of hydrogen-bond donors (Lipinski definition) is 1. The number of rotatable bonds is 8. The molecule has 1 fully saturated rings. The third-order valence-electron chi connectivity index (χ3n) is 4.09. The summed E-state index contributed by atoms with van der Waals surface area (Å²) in [5, 5.41) is 6.28. The predicted molar refractivity (Wildman–Crippen MR) is 103 cm³/mol. The third kappa shape index (κ3) is 5.25. The first-order chi connectivity index (χ1) is 13.9. The van der Waals surface area contributed by atoms with E-state index in [-0.39, 0.29) is 36.2 Å². The molecule has 1 aliphatic heterocycles. The van der Waals surface area contributed by atoms with E-state index >= 15 is 0 Å². The number of carbonyl (C=O) groups is 1. The molecule has 1 saturated heterocycles. The first-order valence-corrected chi connectivity index (χ1v) is 10.5. The highest BCUT2D eigenvalue weighted by Crippen LogP contribution is 2.29. The number of sulfonamides is 1. The van der Waals surface area contributed by atoms with Crippen LogP contribution in [0.15, 0.2) is 33.7 Å². The summed E-state index contributed by atoms with van der Waals surface area (Å²) in [6, 6.07) is 5.91. The Hall–Kier alpha value is -2.63. The molecule has 0 aliphatic carbocycles. The maximum atomic E-state index is 12.9. The lowest BCUT2D eigenvalue weighted by Gasteiger charge is -2.26. The van der Waals surface area contributed by atoms with Crippen molar-refractivity contribution in [2.75, 3.05) is 44.8 Å². The molecule has 11 heteroatoms. The van der Waals surface area contributed by atoms with E-state index in [1.165, 1.54) is 22.5 Å². The van der Waals surface area contributed by atoms with Crippen LogP contribution in [0.3, 0.4) is 0 Å². The number of nitrogens with zero attached hydrogens (tertiary/aromatic N) is 2. The molecule has 1 aromatic heterocycles. The van der Waals surface area contributed by atoms with Crippen molar-refractivity contribution in [3.05, 3.63) is 30.0 Å². The number of ether oxygens (including phenoxy) is 3. The summed E-state index contributed by atoms with van der Waals surface area (Å²) in [5.41, 5.74) is 0.242. The minimum absolute atomic E-state index is 0.0613. The van der Waals surface area contributed by atoms with Crippen molar-refractivity contribution in [1.82, 2.24) is 9.46 Å². The molecule has 0 radical (unpaired) electrons. The molecule has 10 nitrogen and oxygen atoms in total. The SMILES string of the molecule is CCOc1ccc(S(=O)(=O)N2CCOCC2)cc1NC(=O)COc1cc(C)on1. The second-order valence-electron chi connectivity index (χ2n) is 6.22. The Kier molecular flexibility index (Phi) is 6.72. The smallest absolute Gasteiger partial charge is 0.262 e. The van der Waals surface area contributed by atoms with Crippen LogP contribution < -0.4 is 14.8 Å². The molecular weight excluding hydrogens is 402 g/mol. The van der Waals surface area contributed by atoms with E-state index in [1.54, 1.807) is 19.9 Å². The molecule has 1 N–H and O–H groups in total. The van der Waals surface area contributed by atoms with Crippen molar-refractivity contribution < 1.29 is 31.9 Å². The minimum Gasteiger partial charge on any atom is -0.492 e. The molecule has 1 aliphatic rings. The van der Waals surface area contributed by atoms with Gasteiger partial charge in [-0.2, -0.15) is 4.31 Å². The molecule has 0 unspecified atom stereocenters. The van der Waals surface area contributed by atoms with Crippen LogP contribution in [0.25, 0.3) is 0 Å². The molecule has 2 heterocycles. The van der Waals surface area contributed by atoms with Gasteiger partial charge in [0.15, 0.2) is 6.61 Å². The zero-order chi connectivity index (χ0) is 20.9. The molecular formula is C18H23N3O7S. The second kappa shape index (κ2) is 9.25. The summed E-state index contributed by atoms with van der Waals surface area (Å²) in [5.74, 6) is 0.609. The topological polar surface area (TPSA) is 120 Å². The van der Waals surface area contributed by atoms with Crippen molar-refractivity contribution in [3.63, 3.8) is 0 Å². The number of anilines is 1. The molecule has 1 aromatic carbocycles. The van der Waals surface area contributed by atoms with Crippen LogP contribution in [0.5, 0.6) is 11.6 Å². The van der Waals surface area contributed by atoms with Gasteiger partial charge in [-0.25, -0.2) is 8.42 Å². The van der Waals surface area contributed by atoms with E-state index in [0.29, 0.717) is 31.3 Å². The summed E-state index contributed by atoms with van der Waals surface area (Å²) < 4.78 is 48.0. The summed E-state index contributed by atoms with van der Waals surface area (Å²) in [6.07, 6.45) is 0. The van der Waals surface area contributed by atoms with Crippen LogP contribution in [-0.4, -0.2) is 63.3 Å². The Labute approximate surface area is 168 Å². The van der Waals surface area contributed by atoms with Gasteiger partial charge in [0.05, 0.1) is 30.4 Å². The standard InChI is InChI=1S/C18H23N3O7S/c1-3-26-16-5-4-14(29(23,24)21-6-8-25-9-7-21)11-15(16)19-17(22)12-27-18-10-13(2)28-20-18/h4-5,10-11H,3,6-9,12H2,1-2H3,(H,19,22). The van der Waals surface area contributed by atoms with E-state index in [0.717, 1.165) is 0 Å². The van der Waals surface area contributed by atoms with Gasteiger partial charge in [0.1, 0.15) is 11.5 Å². The van der Waals surface area contributed by atoms with Crippen LogP contribution in [0.2, 0.25) is 0 Å². The van der Waals surface area contributed by atoms with Gasteiger partial charge in [-0.15, -0.1) is 0 Å². The van der Waals surface area contributed by atoms with Gasteiger partial charge >= 0.3 is 0 Å². The normalized spacial score (nSPS) is 15.1. The highest BCUT2D eigenvalue weighted by Gasteiger charge is 2.27. The summed E-state index contributed by atoms with van der Waals surface area (Å²) >= 11 is 0. The van der Waals surface area contributed by atoms with Crippen molar-refractivity contribution in [3.8, 4) is 11.6 Å². The average Bonchev–Trinajstić information content (AvgIpc) is 3.14. The van der Waals surface area contributed by atoms with Crippen LogP contribution >= 0.6 is 0 Å². The molecule has 158 valence electrons. The zero-order valence-corrected chi connectivity index (χ0v) is 17.0. The highest BCUT2D eigenvalue weighted by atomic mass is 32.2. The molecule has 0 saturated carbocycles. The first kappa shape index (κ1) is 21.1. The maximum absolute atomic E-state index is 12.9. The summed E-state index contributed by atoms with van der Waals surface area (Å²) in [7, 11) is -3.71. The van der Waals surface area contributed by atoms with Gasteiger partial charge in [0, 0.05) is 19.2 Å². The van der Waals surface area contributed by atoms with Crippen molar-refractivity contribution in [1.29, 1.82) is 0 Å². The molecule has 2 aromatic rings. The minimum atomic E-state index is -3.71. The lowest BCUT2D eigenvalue weighted by atomic mass is 10.3. The zero-order valence-electron chi connectivity index (χ0n) is 16.2. The van der Waals surface area contributed by atoms with Crippen LogP contribution in [0.1, 0.15) is 12.7 Å². The number of aromatic nitrogens is 1. The molecule has 0 bridgehead atoms. The number of amides is 1. The van der Waals surface area contributed by atoms with Gasteiger partial charge in [-0.05, 0) is 37.2 Å². The Morgan fingerprint density at radius 3 is 2.66 bits per heavy atom. The highest BCUT2D eigenvalue weighted by molar-refractivity contribution is 7.89. The van der Waals surface area contributed by atoms with Crippen molar-refractivity contribution >= 4 is 21.6 Å². The van der Waals surface area contributed by atoms with Crippen LogP contribution in [0, 0.1) is 6.92 Å². The Morgan fingerprint density at radius 2 is 2.00 bits per heavy atom. The lowest BCUT2D eigenvalue weighted by molar-refractivity contribution is -0.118. The Bertz CT molecular complexity index is 952. The maximum Gasteiger partial charge on any atom is 0.262 e. The van der Waals surface area contributed by atoms with Crippen LogP contribution in [0.4, 0.5) is 5.69 Å². The number of aryl methyl sites for hydroxylation is 1.